The highest BCUT2D eigenvalue weighted by atomic mass is 15.1. The van der Waals surface area contributed by atoms with E-state index in [1.165, 1.54) is 106 Å². The van der Waals surface area contributed by atoms with E-state index in [0.29, 0.717) is 0 Å². The van der Waals surface area contributed by atoms with Crippen LogP contribution >= 0.6 is 0 Å². The van der Waals surface area contributed by atoms with Crippen molar-refractivity contribution in [2.45, 2.75) is 18.3 Å². The minimum absolute atomic E-state index is 0.207. The van der Waals surface area contributed by atoms with Crippen molar-refractivity contribution < 1.29 is 0 Å². The molecule has 12 rings (SSSR count). The molecule has 0 saturated heterocycles. The number of rotatable bonds is 5. The molecule has 0 bridgehead atoms. The van der Waals surface area contributed by atoms with Gasteiger partial charge < -0.3 is 4.90 Å². The quantitative estimate of drug-likeness (QED) is 0.161. The second-order valence-corrected chi connectivity index (χ2v) is 15.7. The molecule has 0 aromatic heterocycles. The molecule has 1 spiro atoms. The van der Waals surface area contributed by atoms with E-state index in [4.69, 9.17) is 0 Å². The molecule has 0 amide bonds. The van der Waals surface area contributed by atoms with Gasteiger partial charge in [0, 0.05) is 22.2 Å². The molecule has 0 aliphatic heterocycles. The third-order valence-corrected chi connectivity index (χ3v) is 12.7. The molecule has 10 aromatic rings. The Morgan fingerprint density at radius 3 is 1.75 bits per heavy atom. The van der Waals surface area contributed by atoms with Crippen LogP contribution < -0.4 is 4.90 Å². The van der Waals surface area contributed by atoms with Crippen LogP contribution in [-0.4, -0.2) is 0 Å². The average molecular weight is 712 g/mol. The SMILES string of the molecule is c1cc(-c2ccc3ccc4ccccc4c3c2)cc(N(c2ccc(-c3cccc4c3-c3ccccc3C43CC3)cc2)c2cc3ccccc3c3ccccc23)c1. The molecular formula is C55H37N. The van der Waals surface area contributed by atoms with Crippen LogP contribution in [-0.2, 0) is 5.41 Å². The molecule has 0 heterocycles. The maximum atomic E-state index is 2.46. The highest BCUT2D eigenvalue weighted by Gasteiger charge is 2.52. The van der Waals surface area contributed by atoms with E-state index >= 15 is 0 Å². The Balaban J connectivity index is 1.04. The van der Waals surface area contributed by atoms with Gasteiger partial charge in [0.05, 0.1) is 5.69 Å². The summed E-state index contributed by atoms with van der Waals surface area (Å²) in [5, 5.41) is 10.1. The highest BCUT2D eigenvalue weighted by molar-refractivity contribution is 6.15. The van der Waals surface area contributed by atoms with Gasteiger partial charge in [-0.2, -0.15) is 0 Å². The third kappa shape index (κ3) is 4.68. The second-order valence-electron chi connectivity index (χ2n) is 15.7. The van der Waals surface area contributed by atoms with Crippen LogP contribution in [0.5, 0.6) is 0 Å². The van der Waals surface area contributed by atoms with Crippen molar-refractivity contribution in [3.8, 4) is 33.4 Å². The summed E-state index contributed by atoms with van der Waals surface area (Å²) in [6.07, 6.45) is 2.48. The zero-order valence-corrected chi connectivity index (χ0v) is 30.9. The summed E-state index contributed by atoms with van der Waals surface area (Å²) in [7, 11) is 0. The number of benzene rings is 10. The maximum Gasteiger partial charge on any atom is 0.0546 e. The molecule has 1 heteroatoms. The Morgan fingerprint density at radius 2 is 0.929 bits per heavy atom. The molecule has 262 valence electrons. The number of anilines is 3. The first-order chi connectivity index (χ1) is 27.7. The first-order valence-corrected chi connectivity index (χ1v) is 19.8. The van der Waals surface area contributed by atoms with E-state index < -0.39 is 0 Å². The third-order valence-electron chi connectivity index (χ3n) is 12.7. The largest absolute Gasteiger partial charge is 0.310 e. The lowest BCUT2D eigenvalue weighted by atomic mass is 9.91. The summed E-state index contributed by atoms with van der Waals surface area (Å²) < 4.78 is 0. The van der Waals surface area contributed by atoms with Gasteiger partial charge in [0.15, 0.2) is 0 Å². The van der Waals surface area contributed by atoms with E-state index in [2.05, 4.69) is 205 Å². The Bertz CT molecular complexity index is 3200. The van der Waals surface area contributed by atoms with Crippen LogP contribution in [0.2, 0.25) is 0 Å². The molecular weight excluding hydrogens is 675 g/mol. The van der Waals surface area contributed by atoms with Gasteiger partial charge >= 0.3 is 0 Å². The average Bonchev–Trinajstić information content (AvgIpc) is 4.03. The molecule has 2 aliphatic rings. The van der Waals surface area contributed by atoms with Crippen molar-refractivity contribution in [3.63, 3.8) is 0 Å². The summed E-state index contributed by atoms with van der Waals surface area (Å²) in [6, 6.07) is 74.5. The van der Waals surface area contributed by atoms with Crippen molar-refractivity contribution in [2.75, 3.05) is 4.90 Å². The van der Waals surface area contributed by atoms with Gasteiger partial charge in [0.1, 0.15) is 0 Å². The van der Waals surface area contributed by atoms with Gasteiger partial charge in [-0.3, -0.25) is 0 Å². The standard InChI is InChI=1S/C55H37N/c1-3-15-44-36(11-1)23-24-38-25-26-40(34-50(38)44)39-13-9-14-43(33-39)56(53-35-41-12-2-4-16-45(41)47-17-5-6-18-48(47)53)42-29-27-37(28-30-42)46-20-10-22-52-54(46)49-19-7-8-21-51(49)55(52)31-32-55/h1-30,33-35H,31-32H2. The molecule has 10 aromatic carbocycles. The Morgan fingerprint density at radius 1 is 0.339 bits per heavy atom. The lowest BCUT2D eigenvalue weighted by Crippen LogP contribution is -2.11. The van der Waals surface area contributed by atoms with Gasteiger partial charge in [-0.25, -0.2) is 0 Å². The van der Waals surface area contributed by atoms with Crippen LogP contribution in [0.1, 0.15) is 24.0 Å². The van der Waals surface area contributed by atoms with Gasteiger partial charge in [0.2, 0.25) is 0 Å². The summed E-state index contributed by atoms with van der Waals surface area (Å²) in [5.74, 6) is 0. The van der Waals surface area contributed by atoms with Crippen molar-refractivity contribution in [1.82, 2.24) is 0 Å². The molecule has 0 atom stereocenters. The lowest BCUT2D eigenvalue weighted by Gasteiger charge is -2.28. The van der Waals surface area contributed by atoms with E-state index in [9.17, 15) is 0 Å². The normalized spacial score (nSPS) is 13.7. The maximum absolute atomic E-state index is 2.46. The van der Waals surface area contributed by atoms with E-state index in [-0.39, 0.29) is 5.41 Å². The van der Waals surface area contributed by atoms with E-state index in [1.54, 1.807) is 0 Å². The predicted molar refractivity (Wildman–Crippen MR) is 237 cm³/mol. The Hall–Kier alpha value is -6.96. The molecule has 2 aliphatic carbocycles. The number of fused-ring (bicyclic) bond motifs is 11. The fraction of sp³-hybridized carbons (Fsp3) is 0.0545. The first kappa shape index (κ1) is 31.4. The lowest BCUT2D eigenvalue weighted by molar-refractivity contribution is 0.879. The van der Waals surface area contributed by atoms with Gasteiger partial charge in [-0.1, -0.05) is 164 Å². The minimum Gasteiger partial charge on any atom is -0.310 e. The fourth-order valence-electron chi connectivity index (χ4n) is 9.85. The zero-order chi connectivity index (χ0) is 36.8. The minimum atomic E-state index is 0.207. The van der Waals surface area contributed by atoms with Crippen molar-refractivity contribution >= 4 is 60.2 Å². The second kappa shape index (κ2) is 12.0. The number of hydrogen-bond donors (Lipinski definition) is 0. The number of nitrogens with zero attached hydrogens (tertiary/aromatic N) is 1. The van der Waals surface area contributed by atoms with Crippen LogP contribution in [0, 0.1) is 0 Å². The monoisotopic (exact) mass is 711 g/mol. The van der Waals surface area contributed by atoms with Crippen LogP contribution in [0.25, 0.3) is 76.5 Å². The van der Waals surface area contributed by atoms with Crippen LogP contribution in [0.15, 0.2) is 200 Å². The van der Waals surface area contributed by atoms with Crippen LogP contribution in [0.4, 0.5) is 17.1 Å². The predicted octanol–water partition coefficient (Wildman–Crippen LogP) is 15.2. The van der Waals surface area contributed by atoms with Crippen molar-refractivity contribution in [3.05, 3.63) is 211 Å². The molecule has 0 unspecified atom stereocenters. The molecule has 1 saturated carbocycles. The molecule has 0 N–H and O–H groups in total. The fourth-order valence-corrected chi connectivity index (χ4v) is 9.85. The molecule has 1 nitrogen and oxygen atoms in total. The summed E-state index contributed by atoms with van der Waals surface area (Å²) in [5.41, 5.74) is 14.4. The summed E-state index contributed by atoms with van der Waals surface area (Å²) >= 11 is 0. The van der Waals surface area contributed by atoms with Crippen LogP contribution in [0.3, 0.4) is 0 Å². The van der Waals surface area contributed by atoms with Crippen molar-refractivity contribution in [2.24, 2.45) is 0 Å². The number of hydrogen-bond acceptors (Lipinski definition) is 1. The molecule has 0 radical (unpaired) electrons. The smallest absolute Gasteiger partial charge is 0.0546 e. The first-order valence-electron chi connectivity index (χ1n) is 19.8. The molecule has 56 heavy (non-hydrogen) atoms. The highest BCUT2D eigenvalue weighted by Crippen LogP contribution is 2.64. The van der Waals surface area contributed by atoms with Gasteiger partial charge in [0.25, 0.3) is 0 Å². The van der Waals surface area contributed by atoms with Gasteiger partial charge in [-0.05, 0) is 131 Å². The zero-order valence-electron chi connectivity index (χ0n) is 30.9. The summed E-state index contributed by atoms with van der Waals surface area (Å²) in [6.45, 7) is 0. The Labute approximate surface area is 326 Å². The Kier molecular flexibility index (Phi) is 6.74. The van der Waals surface area contributed by atoms with Gasteiger partial charge in [-0.15, -0.1) is 0 Å². The van der Waals surface area contributed by atoms with E-state index in [1.807, 2.05) is 0 Å². The topological polar surface area (TPSA) is 3.24 Å². The van der Waals surface area contributed by atoms with Crippen molar-refractivity contribution in [1.29, 1.82) is 0 Å². The molecule has 1 fully saturated rings. The van der Waals surface area contributed by atoms with E-state index in [0.717, 1.165) is 11.4 Å². The summed E-state index contributed by atoms with van der Waals surface area (Å²) in [4.78, 5) is 2.46.